The zero-order valence-corrected chi connectivity index (χ0v) is 15.5. The highest BCUT2D eigenvalue weighted by Crippen LogP contribution is 2.35. The summed E-state index contributed by atoms with van der Waals surface area (Å²) in [5.41, 5.74) is 0.959. The Labute approximate surface area is 149 Å². The average Bonchev–Trinajstić information content (AvgIpc) is 2.88. The van der Waals surface area contributed by atoms with E-state index in [0.29, 0.717) is 21.1 Å². The molecule has 0 radical (unpaired) electrons. The van der Waals surface area contributed by atoms with Crippen LogP contribution in [0.4, 0.5) is 5.69 Å². The van der Waals surface area contributed by atoms with Gasteiger partial charge in [-0.25, -0.2) is 9.78 Å². The fraction of sp³-hybridized carbons (Fsp3) is 0.412. The summed E-state index contributed by atoms with van der Waals surface area (Å²) in [6.07, 6.45) is -0.407. The maximum absolute atomic E-state index is 12.1. The number of nitro groups is 1. The number of benzene rings is 1. The number of carbonyl (C=O) groups excluding carboxylic acids is 1. The highest BCUT2D eigenvalue weighted by atomic mass is 32.1. The number of aryl methyl sites for hydroxylation is 1. The van der Waals surface area contributed by atoms with Gasteiger partial charge in [-0.1, -0.05) is 0 Å². The first-order chi connectivity index (χ1) is 11.7. The molecule has 8 heteroatoms. The number of thiazole rings is 1. The molecule has 1 aromatic heterocycles. The van der Waals surface area contributed by atoms with Crippen molar-refractivity contribution in [3.05, 3.63) is 38.9 Å². The molecule has 0 atom stereocenters. The van der Waals surface area contributed by atoms with Crippen LogP contribution in [-0.2, 0) is 4.74 Å². The van der Waals surface area contributed by atoms with Crippen LogP contribution in [0.1, 0.15) is 43.1 Å². The molecule has 0 saturated carbocycles. The van der Waals surface area contributed by atoms with E-state index in [2.05, 4.69) is 4.98 Å². The molecule has 0 spiro atoms. The summed E-state index contributed by atoms with van der Waals surface area (Å²) in [5.74, 6) is -0.234. The van der Waals surface area contributed by atoms with Crippen LogP contribution in [0.5, 0.6) is 5.75 Å². The molecule has 0 bridgehead atoms. The number of aromatic nitrogens is 1. The molecule has 1 aromatic carbocycles. The van der Waals surface area contributed by atoms with Crippen molar-refractivity contribution in [3.8, 4) is 16.3 Å². The van der Waals surface area contributed by atoms with E-state index in [1.54, 1.807) is 46.8 Å². The monoisotopic (exact) mass is 364 g/mol. The van der Waals surface area contributed by atoms with E-state index in [9.17, 15) is 14.9 Å². The second-order valence-electron chi connectivity index (χ2n) is 5.99. The molecule has 0 N–H and O–H groups in total. The van der Waals surface area contributed by atoms with Gasteiger partial charge < -0.3 is 9.47 Å². The topological polar surface area (TPSA) is 91.6 Å². The first kappa shape index (κ1) is 18.9. The van der Waals surface area contributed by atoms with Gasteiger partial charge in [-0.05, 0) is 46.8 Å². The third-order valence-electron chi connectivity index (χ3n) is 3.09. The van der Waals surface area contributed by atoms with Crippen LogP contribution < -0.4 is 4.74 Å². The van der Waals surface area contributed by atoms with E-state index < -0.39 is 10.9 Å². The number of esters is 1. The van der Waals surface area contributed by atoms with E-state index >= 15 is 0 Å². The largest absolute Gasteiger partial charge is 0.484 e. The zero-order chi connectivity index (χ0) is 18.7. The summed E-state index contributed by atoms with van der Waals surface area (Å²) < 4.78 is 10.7. The molecular formula is C17H20N2O5S. The van der Waals surface area contributed by atoms with E-state index in [4.69, 9.17) is 9.47 Å². The Morgan fingerprint density at radius 3 is 2.48 bits per heavy atom. The van der Waals surface area contributed by atoms with Crippen molar-refractivity contribution in [3.63, 3.8) is 0 Å². The lowest BCUT2D eigenvalue weighted by atomic mass is 10.2. The van der Waals surface area contributed by atoms with Gasteiger partial charge in [0.1, 0.15) is 9.88 Å². The van der Waals surface area contributed by atoms with Crippen molar-refractivity contribution in [2.75, 3.05) is 0 Å². The van der Waals surface area contributed by atoms with Crippen LogP contribution in [0.25, 0.3) is 10.6 Å². The molecule has 25 heavy (non-hydrogen) atoms. The smallest absolute Gasteiger partial charge is 0.350 e. The Hall–Kier alpha value is -2.48. The lowest BCUT2D eigenvalue weighted by Gasteiger charge is -2.10. The highest BCUT2D eigenvalue weighted by molar-refractivity contribution is 7.17. The van der Waals surface area contributed by atoms with Crippen LogP contribution in [0.2, 0.25) is 0 Å². The molecule has 0 saturated heterocycles. The van der Waals surface area contributed by atoms with Gasteiger partial charge in [0, 0.05) is 11.6 Å². The molecule has 0 aliphatic heterocycles. The number of rotatable bonds is 6. The molecule has 0 fully saturated rings. The van der Waals surface area contributed by atoms with Gasteiger partial charge in [0.2, 0.25) is 0 Å². The molecule has 7 nitrogen and oxygen atoms in total. The number of carbonyl (C=O) groups is 1. The van der Waals surface area contributed by atoms with Gasteiger partial charge in [-0.15, -0.1) is 11.3 Å². The van der Waals surface area contributed by atoms with Gasteiger partial charge in [0.15, 0.2) is 5.75 Å². The summed E-state index contributed by atoms with van der Waals surface area (Å²) >= 11 is 1.15. The number of hydrogen-bond donors (Lipinski definition) is 0. The number of hydrogen-bond acceptors (Lipinski definition) is 7. The maximum Gasteiger partial charge on any atom is 0.350 e. The van der Waals surface area contributed by atoms with Crippen molar-refractivity contribution >= 4 is 23.0 Å². The van der Waals surface area contributed by atoms with Gasteiger partial charge in [-0.3, -0.25) is 10.1 Å². The molecule has 0 aliphatic carbocycles. The molecule has 2 rings (SSSR count). The average molecular weight is 364 g/mol. The minimum absolute atomic E-state index is 0.134. The van der Waals surface area contributed by atoms with Crippen LogP contribution in [0.3, 0.4) is 0 Å². The third-order valence-corrected chi connectivity index (χ3v) is 4.28. The van der Waals surface area contributed by atoms with E-state index in [1.807, 2.05) is 0 Å². The lowest BCUT2D eigenvalue weighted by Crippen LogP contribution is -2.11. The summed E-state index contributed by atoms with van der Waals surface area (Å²) in [5, 5.41) is 11.8. The first-order valence-corrected chi connectivity index (χ1v) is 8.64. The molecule has 2 aromatic rings. The Kier molecular flexibility index (Phi) is 5.73. The predicted octanol–water partition coefficient (Wildman–Crippen LogP) is 4.38. The Morgan fingerprint density at radius 2 is 1.92 bits per heavy atom. The molecular weight excluding hydrogens is 344 g/mol. The fourth-order valence-electron chi connectivity index (χ4n) is 2.12. The van der Waals surface area contributed by atoms with Gasteiger partial charge >= 0.3 is 11.7 Å². The zero-order valence-electron chi connectivity index (χ0n) is 14.7. The van der Waals surface area contributed by atoms with Gasteiger partial charge in [-0.2, -0.15) is 0 Å². The minimum atomic E-state index is -0.490. The Bertz CT molecular complexity index is 798. The standard InChI is InChI=1S/C17H20N2O5S/c1-9(2)23-14-7-6-12(8-13(14)19(21)22)16-18-11(5)15(25-16)17(20)24-10(3)4/h6-10H,1-5H3. The van der Waals surface area contributed by atoms with Gasteiger partial charge in [0.05, 0.1) is 22.8 Å². The molecule has 0 unspecified atom stereocenters. The van der Waals surface area contributed by atoms with Crippen LogP contribution in [0.15, 0.2) is 18.2 Å². The summed E-state index contributed by atoms with van der Waals surface area (Å²) in [4.78, 5) is 27.7. The first-order valence-electron chi connectivity index (χ1n) is 7.83. The third kappa shape index (κ3) is 4.54. The Balaban J connectivity index is 2.40. The molecule has 134 valence electrons. The summed E-state index contributed by atoms with van der Waals surface area (Å²) in [7, 11) is 0. The molecule has 1 heterocycles. The number of nitrogens with zero attached hydrogens (tertiary/aromatic N) is 2. The van der Waals surface area contributed by atoms with Crippen molar-refractivity contribution < 1.29 is 19.2 Å². The van der Waals surface area contributed by atoms with Crippen molar-refractivity contribution in [2.45, 2.75) is 46.8 Å². The Morgan fingerprint density at radius 1 is 1.24 bits per heavy atom. The lowest BCUT2D eigenvalue weighted by molar-refractivity contribution is -0.386. The normalized spacial score (nSPS) is 11.0. The van der Waals surface area contributed by atoms with Crippen LogP contribution in [-0.4, -0.2) is 28.1 Å². The van der Waals surface area contributed by atoms with Crippen molar-refractivity contribution in [1.82, 2.24) is 4.98 Å². The second-order valence-corrected chi connectivity index (χ2v) is 6.99. The predicted molar refractivity (Wildman–Crippen MR) is 95.3 cm³/mol. The highest BCUT2D eigenvalue weighted by Gasteiger charge is 2.22. The van der Waals surface area contributed by atoms with Crippen molar-refractivity contribution in [2.24, 2.45) is 0 Å². The minimum Gasteiger partial charge on any atom is -0.484 e. The second kappa shape index (κ2) is 7.60. The molecule has 0 aliphatic rings. The van der Waals surface area contributed by atoms with Gasteiger partial charge in [0.25, 0.3) is 0 Å². The van der Waals surface area contributed by atoms with Crippen LogP contribution in [0, 0.1) is 17.0 Å². The summed E-state index contributed by atoms with van der Waals surface area (Å²) in [6.45, 7) is 8.85. The SMILES string of the molecule is Cc1nc(-c2ccc(OC(C)C)c([N+](=O)[O-])c2)sc1C(=O)OC(C)C. The van der Waals surface area contributed by atoms with Crippen LogP contribution >= 0.6 is 11.3 Å². The number of nitro benzene ring substituents is 1. The van der Waals surface area contributed by atoms with Crippen molar-refractivity contribution in [1.29, 1.82) is 0 Å². The fourth-order valence-corrected chi connectivity index (χ4v) is 3.07. The van der Waals surface area contributed by atoms with E-state index in [-0.39, 0.29) is 23.6 Å². The quantitative estimate of drug-likeness (QED) is 0.429. The molecule has 0 amide bonds. The number of ether oxygens (including phenoxy) is 2. The maximum atomic E-state index is 12.1. The summed E-state index contributed by atoms with van der Waals surface area (Å²) in [6, 6.07) is 4.66. The van der Waals surface area contributed by atoms with E-state index in [1.165, 1.54) is 6.07 Å². The van der Waals surface area contributed by atoms with E-state index in [0.717, 1.165) is 11.3 Å².